The lowest BCUT2D eigenvalue weighted by atomic mass is 10.0. The van der Waals surface area contributed by atoms with Gasteiger partial charge < -0.3 is 14.8 Å². The topological polar surface area (TPSA) is 33.1 Å². The molecule has 0 saturated heterocycles. The number of hydrogen-bond donors (Lipinski definition) is 1. The van der Waals surface area contributed by atoms with Crippen LogP contribution in [0.15, 0.2) is 6.20 Å². The molecule has 0 amide bonds. The van der Waals surface area contributed by atoms with Crippen LogP contribution in [0.3, 0.4) is 0 Å². The number of aryl methyl sites for hydroxylation is 1. The number of hydrogen-bond acceptors (Lipinski definition) is 3. The Morgan fingerprint density at radius 2 is 2.00 bits per heavy atom. The van der Waals surface area contributed by atoms with Crippen molar-refractivity contribution in [3.05, 3.63) is 11.9 Å². The van der Waals surface area contributed by atoms with E-state index in [0.29, 0.717) is 18.0 Å². The van der Waals surface area contributed by atoms with Crippen molar-refractivity contribution in [2.24, 2.45) is 5.92 Å². The van der Waals surface area contributed by atoms with E-state index in [-0.39, 0.29) is 0 Å². The van der Waals surface area contributed by atoms with Crippen LogP contribution in [0.1, 0.15) is 57.7 Å². The monoisotopic (exact) mass is 292 g/mol. The van der Waals surface area contributed by atoms with Gasteiger partial charge in [0.2, 0.25) is 5.95 Å². The largest absolute Gasteiger partial charge is 0.353 e. The zero-order valence-corrected chi connectivity index (χ0v) is 14.4. The second-order valence-electron chi connectivity index (χ2n) is 7.28. The Labute approximate surface area is 129 Å². The normalized spacial score (nSPS) is 17.9. The summed E-state index contributed by atoms with van der Waals surface area (Å²) in [4.78, 5) is 7.02. The van der Waals surface area contributed by atoms with Crippen molar-refractivity contribution >= 4 is 5.95 Å². The van der Waals surface area contributed by atoms with Gasteiger partial charge >= 0.3 is 0 Å². The van der Waals surface area contributed by atoms with Gasteiger partial charge in [0, 0.05) is 24.8 Å². The molecule has 0 bridgehead atoms. The van der Waals surface area contributed by atoms with E-state index in [1.807, 2.05) is 0 Å². The van der Waals surface area contributed by atoms with Gasteiger partial charge in [0.15, 0.2) is 0 Å². The molecule has 1 unspecified atom stereocenters. The first-order valence-electron chi connectivity index (χ1n) is 8.42. The molecular formula is C17H32N4. The molecule has 0 aromatic carbocycles. The van der Waals surface area contributed by atoms with Gasteiger partial charge in [-0.25, -0.2) is 4.98 Å². The van der Waals surface area contributed by atoms with Gasteiger partial charge in [0.05, 0.1) is 5.69 Å². The van der Waals surface area contributed by atoms with Crippen molar-refractivity contribution in [1.29, 1.82) is 0 Å². The van der Waals surface area contributed by atoms with E-state index in [1.165, 1.54) is 32.1 Å². The molecule has 0 aliphatic heterocycles. The first-order valence-corrected chi connectivity index (χ1v) is 8.42. The first kappa shape index (κ1) is 16.3. The Hall–Kier alpha value is -1.03. The van der Waals surface area contributed by atoms with E-state index in [2.05, 4.69) is 55.8 Å². The van der Waals surface area contributed by atoms with Gasteiger partial charge in [-0.15, -0.1) is 0 Å². The van der Waals surface area contributed by atoms with E-state index < -0.39 is 0 Å². The van der Waals surface area contributed by atoms with Crippen LogP contribution in [0.4, 0.5) is 5.95 Å². The third kappa shape index (κ3) is 4.73. The zero-order valence-electron chi connectivity index (χ0n) is 14.4. The number of rotatable bonds is 7. The van der Waals surface area contributed by atoms with Crippen LogP contribution < -0.4 is 5.32 Å². The highest BCUT2D eigenvalue weighted by molar-refractivity contribution is 5.31. The minimum absolute atomic E-state index is 0.491. The van der Waals surface area contributed by atoms with Gasteiger partial charge in [0.1, 0.15) is 0 Å². The molecule has 0 radical (unpaired) electrons. The second-order valence-corrected chi connectivity index (χ2v) is 7.28. The Morgan fingerprint density at radius 3 is 2.57 bits per heavy atom. The van der Waals surface area contributed by atoms with E-state index in [9.17, 15) is 0 Å². The Balaban J connectivity index is 2.17. The molecule has 21 heavy (non-hydrogen) atoms. The van der Waals surface area contributed by atoms with Crippen molar-refractivity contribution in [3.63, 3.8) is 0 Å². The summed E-state index contributed by atoms with van der Waals surface area (Å²) in [5, 5.41) is 3.69. The summed E-state index contributed by atoms with van der Waals surface area (Å²) in [6.07, 6.45) is 8.68. The van der Waals surface area contributed by atoms with Crippen molar-refractivity contribution < 1.29 is 0 Å². The zero-order chi connectivity index (χ0) is 15.4. The van der Waals surface area contributed by atoms with Gasteiger partial charge in [0.25, 0.3) is 0 Å². The van der Waals surface area contributed by atoms with Crippen LogP contribution in [0, 0.1) is 12.8 Å². The molecular weight excluding hydrogens is 260 g/mol. The maximum atomic E-state index is 4.74. The fourth-order valence-corrected chi connectivity index (χ4v) is 3.40. The fourth-order valence-electron chi connectivity index (χ4n) is 3.40. The molecule has 2 rings (SSSR count). The van der Waals surface area contributed by atoms with E-state index in [4.69, 9.17) is 4.98 Å². The highest BCUT2D eigenvalue weighted by Gasteiger charge is 2.21. The van der Waals surface area contributed by atoms with Gasteiger partial charge in [-0.1, -0.05) is 26.7 Å². The van der Waals surface area contributed by atoms with Crippen molar-refractivity contribution in [2.45, 2.75) is 65.0 Å². The summed E-state index contributed by atoms with van der Waals surface area (Å²) in [5.74, 6) is 1.77. The number of anilines is 1. The molecule has 0 spiro atoms. The standard InChI is InChI=1S/C17H32N4/c1-13(2)10-16(12-20(4)5)21-11-14(3)18-17(21)19-15-8-6-7-9-15/h11,13,15-16H,6-10,12H2,1-5H3,(H,18,19). The molecule has 4 heteroatoms. The molecule has 120 valence electrons. The average Bonchev–Trinajstić information content (AvgIpc) is 2.97. The quantitative estimate of drug-likeness (QED) is 0.832. The maximum absolute atomic E-state index is 4.74. The third-order valence-electron chi connectivity index (χ3n) is 4.25. The molecule has 1 saturated carbocycles. The Bertz CT molecular complexity index is 420. The smallest absolute Gasteiger partial charge is 0.203 e. The second kappa shape index (κ2) is 7.30. The lowest BCUT2D eigenvalue weighted by Gasteiger charge is -2.26. The summed E-state index contributed by atoms with van der Waals surface area (Å²) < 4.78 is 2.38. The summed E-state index contributed by atoms with van der Waals surface area (Å²) >= 11 is 0. The molecule has 1 aliphatic carbocycles. The fraction of sp³-hybridized carbons (Fsp3) is 0.824. The van der Waals surface area contributed by atoms with Crippen LogP contribution in [0.2, 0.25) is 0 Å². The maximum Gasteiger partial charge on any atom is 0.203 e. The third-order valence-corrected chi connectivity index (χ3v) is 4.25. The number of nitrogens with one attached hydrogen (secondary N) is 1. The predicted molar refractivity (Wildman–Crippen MR) is 89.9 cm³/mol. The highest BCUT2D eigenvalue weighted by atomic mass is 15.2. The Morgan fingerprint density at radius 1 is 1.33 bits per heavy atom. The molecule has 1 N–H and O–H groups in total. The van der Waals surface area contributed by atoms with Gasteiger partial charge in [-0.05, 0) is 46.2 Å². The van der Waals surface area contributed by atoms with Crippen LogP contribution in [0.25, 0.3) is 0 Å². The molecule has 1 aromatic heterocycles. The first-order chi connectivity index (χ1) is 9.95. The lowest BCUT2D eigenvalue weighted by molar-refractivity contribution is 0.290. The molecule has 1 aliphatic rings. The summed E-state index contributed by atoms with van der Waals surface area (Å²) in [6.45, 7) is 7.76. The number of imidazole rings is 1. The summed E-state index contributed by atoms with van der Waals surface area (Å²) in [5.41, 5.74) is 1.11. The molecule has 1 fully saturated rings. The van der Waals surface area contributed by atoms with Crippen molar-refractivity contribution in [2.75, 3.05) is 26.0 Å². The molecule has 1 atom stereocenters. The molecule has 1 aromatic rings. The van der Waals surface area contributed by atoms with E-state index >= 15 is 0 Å². The van der Waals surface area contributed by atoms with Crippen LogP contribution >= 0.6 is 0 Å². The van der Waals surface area contributed by atoms with Crippen molar-refractivity contribution in [3.8, 4) is 0 Å². The molecule has 4 nitrogen and oxygen atoms in total. The van der Waals surface area contributed by atoms with Gasteiger partial charge in [-0.2, -0.15) is 0 Å². The molecule has 1 heterocycles. The summed E-state index contributed by atoms with van der Waals surface area (Å²) in [7, 11) is 4.31. The highest BCUT2D eigenvalue weighted by Crippen LogP contribution is 2.26. The number of likely N-dealkylation sites (N-methyl/N-ethyl adjacent to an activating group) is 1. The Kier molecular flexibility index (Phi) is 5.68. The van der Waals surface area contributed by atoms with E-state index in [0.717, 1.165) is 18.2 Å². The van der Waals surface area contributed by atoms with Crippen LogP contribution in [-0.2, 0) is 0 Å². The lowest BCUT2D eigenvalue weighted by Crippen LogP contribution is -2.27. The van der Waals surface area contributed by atoms with E-state index in [1.54, 1.807) is 0 Å². The summed E-state index contributed by atoms with van der Waals surface area (Å²) in [6, 6.07) is 1.11. The average molecular weight is 292 g/mol. The van der Waals surface area contributed by atoms with Gasteiger partial charge in [-0.3, -0.25) is 0 Å². The van der Waals surface area contributed by atoms with Crippen LogP contribution in [-0.4, -0.2) is 41.1 Å². The van der Waals surface area contributed by atoms with Crippen molar-refractivity contribution in [1.82, 2.24) is 14.5 Å². The minimum Gasteiger partial charge on any atom is -0.353 e. The SMILES string of the molecule is Cc1cn(C(CC(C)C)CN(C)C)c(NC2CCCC2)n1. The number of nitrogens with zero attached hydrogens (tertiary/aromatic N) is 3. The van der Waals surface area contributed by atoms with Crippen LogP contribution in [0.5, 0.6) is 0 Å². The predicted octanol–water partition coefficient (Wildman–Crippen LogP) is 3.69. The number of aromatic nitrogens is 2. The minimum atomic E-state index is 0.491.